The fourth-order valence-corrected chi connectivity index (χ4v) is 4.05. The lowest BCUT2D eigenvalue weighted by Crippen LogP contribution is -2.19. The fourth-order valence-electron chi connectivity index (χ4n) is 2.58. The first kappa shape index (κ1) is 14.2. The molecule has 0 N–H and O–H groups in total. The molecule has 1 saturated heterocycles. The maximum atomic E-state index is 12.0. The van der Waals surface area contributed by atoms with Crippen LogP contribution in [0.4, 0.5) is 0 Å². The van der Waals surface area contributed by atoms with Crippen molar-refractivity contribution in [1.82, 2.24) is 0 Å². The predicted molar refractivity (Wildman–Crippen MR) is 90.3 cm³/mol. The minimum atomic E-state index is 0.275. The Balaban J connectivity index is 1.72. The molecule has 2 heteroatoms. The summed E-state index contributed by atoms with van der Waals surface area (Å²) in [6, 6.07) is 20.6. The first-order chi connectivity index (χ1) is 10.3. The van der Waals surface area contributed by atoms with Crippen LogP contribution in [0.15, 0.2) is 66.7 Å². The van der Waals surface area contributed by atoms with Gasteiger partial charge in [-0.1, -0.05) is 72.8 Å². The third-order valence-electron chi connectivity index (χ3n) is 3.66. The van der Waals surface area contributed by atoms with E-state index in [-0.39, 0.29) is 10.5 Å². The van der Waals surface area contributed by atoms with Crippen LogP contribution in [-0.2, 0) is 4.79 Å². The Hall–Kier alpha value is -1.80. The molecule has 1 aliphatic rings. The van der Waals surface area contributed by atoms with Gasteiger partial charge in [-0.05, 0) is 11.1 Å². The smallest absolute Gasteiger partial charge is 0.135 e. The maximum Gasteiger partial charge on any atom is 0.135 e. The highest BCUT2D eigenvalue weighted by Crippen LogP contribution is 2.41. The number of thioether (sulfide) groups is 1. The second kappa shape index (κ2) is 6.77. The van der Waals surface area contributed by atoms with Gasteiger partial charge >= 0.3 is 0 Å². The number of ketones is 1. The highest BCUT2D eigenvalue weighted by molar-refractivity contribution is 8.00. The number of rotatable bonds is 3. The predicted octanol–water partition coefficient (Wildman–Crippen LogP) is 4.91. The Morgan fingerprint density at radius 1 is 0.905 bits per heavy atom. The van der Waals surface area contributed by atoms with Crippen molar-refractivity contribution in [3.8, 4) is 0 Å². The number of Topliss-reactive ketones (excluding diaryl/α,β-unsaturated/α-hetero) is 1. The molecule has 3 rings (SSSR count). The Bertz CT molecular complexity index is 619. The van der Waals surface area contributed by atoms with E-state index in [1.165, 1.54) is 11.1 Å². The molecule has 0 saturated carbocycles. The van der Waals surface area contributed by atoms with Gasteiger partial charge in [-0.25, -0.2) is 0 Å². The Morgan fingerprint density at radius 3 is 2.29 bits per heavy atom. The first-order valence-electron chi connectivity index (χ1n) is 7.26. The SMILES string of the molecule is O=C1CC(/C=C/c2ccccc2)SC(c2ccccc2)C1. The van der Waals surface area contributed by atoms with Crippen LogP contribution in [0, 0.1) is 0 Å². The summed E-state index contributed by atoms with van der Waals surface area (Å²) in [5.41, 5.74) is 2.45. The zero-order valence-corrected chi connectivity index (χ0v) is 12.6. The minimum absolute atomic E-state index is 0.275. The van der Waals surface area contributed by atoms with Crippen LogP contribution in [-0.4, -0.2) is 11.0 Å². The molecule has 2 atom stereocenters. The van der Waals surface area contributed by atoms with Gasteiger partial charge in [-0.3, -0.25) is 4.79 Å². The van der Waals surface area contributed by atoms with Crippen molar-refractivity contribution >= 4 is 23.6 Å². The molecular weight excluding hydrogens is 276 g/mol. The van der Waals surface area contributed by atoms with E-state index < -0.39 is 0 Å². The van der Waals surface area contributed by atoms with E-state index in [2.05, 4.69) is 36.4 Å². The zero-order chi connectivity index (χ0) is 14.5. The normalized spacial score (nSPS) is 22.6. The zero-order valence-electron chi connectivity index (χ0n) is 11.8. The molecule has 0 amide bonds. The van der Waals surface area contributed by atoms with E-state index in [0.717, 1.165) is 0 Å². The lowest BCUT2D eigenvalue weighted by atomic mass is 10.0. The van der Waals surface area contributed by atoms with Crippen LogP contribution in [0.5, 0.6) is 0 Å². The summed E-state index contributed by atoms with van der Waals surface area (Å²) < 4.78 is 0. The van der Waals surface area contributed by atoms with E-state index >= 15 is 0 Å². The summed E-state index contributed by atoms with van der Waals surface area (Å²) in [7, 11) is 0. The molecule has 106 valence electrons. The van der Waals surface area contributed by atoms with Gasteiger partial charge in [0.2, 0.25) is 0 Å². The molecule has 1 heterocycles. The second-order valence-electron chi connectivity index (χ2n) is 5.29. The first-order valence-corrected chi connectivity index (χ1v) is 8.21. The van der Waals surface area contributed by atoms with Gasteiger partial charge in [-0.2, -0.15) is 0 Å². The Labute approximate surface area is 130 Å². The molecule has 21 heavy (non-hydrogen) atoms. The van der Waals surface area contributed by atoms with Gasteiger partial charge < -0.3 is 0 Å². The molecule has 2 aromatic rings. The molecule has 1 nitrogen and oxygen atoms in total. The molecule has 1 aliphatic heterocycles. The molecule has 0 aliphatic carbocycles. The van der Waals surface area contributed by atoms with Gasteiger partial charge in [0.25, 0.3) is 0 Å². The quantitative estimate of drug-likeness (QED) is 0.800. The maximum absolute atomic E-state index is 12.0. The van der Waals surface area contributed by atoms with Crippen molar-refractivity contribution in [1.29, 1.82) is 0 Å². The summed E-state index contributed by atoms with van der Waals surface area (Å²) in [5, 5.41) is 0.564. The summed E-state index contributed by atoms with van der Waals surface area (Å²) in [5.74, 6) is 0.366. The number of benzene rings is 2. The van der Waals surface area contributed by atoms with Crippen molar-refractivity contribution in [2.75, 3.05) is 0 Å². The Morgan fingerprint density at radius 2 is 1.57 bits per heavy atom. The fraction of sp³-hybridized carbons (Fsp3) is 0.211. The average molecular weight is 294 g/mol. The van der Waals surface area contributed by atoms with Crippen LogP contribution in [0.3, 0.4) is 0 Å². The van der Waals surface area contributed by atoms with Crippen molar-refractivity contribution in [3.63, 3.8) is 0 Å². The lowest BCUT2D eigenvalue weighted by Gasteiger charge is -2.26. The minimum Gasteiger partial charge on any atom is -0.300 e. The third-order valence-corrected chi connectivity index (χ3v) is 5.10. The van der Waals surface area contributed by atoms with E-state index in [4.69, 9.17) is 0 Å². The van der Waals surface area contributed by atoms with E-state index in [0.29, 0.717) is 18.6 Å². The molecule has 0 aromatic heterocycles. The third kappa shape index (κ3) is 3.85. The lowest BCUT2D eigenvalue weighted by molar-refractivity contribution is -0.119. The van der Waals surface area contributed by atoms with Crippen molar-refractivity contribution in [3.05, 3.63) is 77.9 Å². The number of carbonyl (C=O) groups excluding carboxylic acids is 1. The van der Waals surface area contributed by atoms with Crippen molar-refractivity contribution in [2.45, 2.75) is 23.3 Å². The van der Waals surface area contributed by atoms with Crippen LogP contribution in [0.2, 0.25) is 0 Å². The average Bonchev–Trinajstić information content (AvgIpc) is 2.54. The van der Waals surface area contributed by atoms with Gasteiger partial charge in [0.15, 0.2) is 0 Å². The van der Waals surface area contributed by atoms with Gasteiger partial charge in [0.05, 0.1) is 0 Å². The van der Waals surface area contributed by atoms with Gasteiger partial charge in [0, 0.05) is 23.3 Å². The standard InChI is InChI=1S/C19H18OS/c20-17-13-18(12-11-15-7-3-1-4-8-15)21-19(14-17)16-9-5-2-6-10-16/h1-12,18-19H,13-14H2/b12-11+. The van der Waals surface area contributed by atoms with Gasteiger partial charge in [-0.15, -0.1) is 11.8 Å². The summed E-state index contributed by atoms with van der Waals surface area (Å²) in [6.45, 7) is 0. The van der Waals surface area contributed by atoms with E-state index in [1.807, 2.05) is 48.2 Å². The van der Waals surface area contributed by atoms with Crippen molar-refractivity contribution in [2.24, 2.45) is 0 Å². The van der Waals surface area contributed by atoms with Crippen LogP contribution < -0.4 is 0 Å². The Kier molecular flexibility index (Phi) is 4.56. The molecule has 0 spiro atoms. The number of hydrogen-bond acceptors (Lipinski definition) is 2. The molecule has 0 bridgehead atoms. The van der Waals surface area contributed by atoms with Crippen molar-refractivity contribution < 1.29 is 4.79 Å². The highest BCUT2D eigenvalue weighted by atomic mass is 32.2. The van der Waals surface area contributed by atoms with Crippen LogP contribution in [0.25, 0.3) is 6.08 Å². The summed E-state index contributed by atoms with van der Waals surface area (Å²) in [6.07, 6.45) is 5.60. The summed E-state index contributed by atoms with van der Waals surface area (Å²) in [4.78, 5) is 12.0. The highest BCUT2D eigenvalue weighted by Gasteiger charge is 2.27. The number of hydrogen-bond donors (Lipinski definition) is 0. The molecule has 2 aromatic carbocycles. The van der Waals surface area contributed by atoms with E-state index in [9.17, 15) is 4.79 Å². The monoisotopic (exact) mass is 294 g/mol. The number of carbonyl (C=O) groups is 1. The molecular formula is C19H18OS. The van der Waals surface area contributed by atoms with Crippen LogP contribution >= 0.6 is 11.8 Å². The van der Waals surface area contributed by atoms with Gasteiger partial charge in [0.1, 0.15) is 5.78 Å². The second-order valence-corrected chi connectivity index (χ2v) is 6.74. The molecule has 1 fully saturated rings. The van der Waals surface area contributed by atoms with Crippen LogP contribution in [0.1, 0.15) is 29.2 Å². The summed E-state index contributed by atoms with van der Waals surface area (Å²) >= 11 is 1.90. The topological polar surface area (TPSA) is 17.1 Å². The molecule has 2 unspecified atom stereocenters. The molecule has 0 radical (unpaired) electrons. The van der Waals surface area contributed by atoms with E-state index in [1.54, 1.807) is 0 Å². The largest absolute Gasteiger partial charge is 0.300 e.